The molecule has 3 N–H and O–H groups in total. The fraction of sp³-hybridized carbons (Fsp3) is 0.188. The lowest BCUT2D eigenvalue weighted by Gasteiger charge is -2.07. The summed E-state index contributed by atoms with van der Waals surface area (Å²) in [6.07, 6.45) is 0.323. The molecule has 0 aliphatic heterocycles. The quantitative estimate of drug-likeness (QED) is 0.821. The van der Waals surface area contributed by atoms with Crippen LogP contribution in [0.2, 0.25) is 0 Å². The fourth-order valence-corrected chi connectivity index (χ4v) is 1.83. The van der Waals surface area contributed by atoms with Crippen LogP contribution >= 0.6 is 0 Å². The van der Waals surface area contributed by atoms with E-state index in [1.54, 1.807) is 0 Å². The van der Waals surface area contributed by atoms with Gasteiger partial charge in [0.15, 0.2) is 0 Å². The summed E-state index contributed by atoms with van der Waals surface area (Å²) in [6.45, 7) is 0.808. The molecule has 0 radical (unpaired) electrons. The zero-order valence-electron chi connectivity index (χ0n) is 11.2. The average Bonchev–Trinajstić information content (AvgIpc) is 2.46. The molecule has 2 aromatic carbocycles. The topological polar surface area (TPSA) is 64.3 Å². The normalized spacial score (nSPS) is 10.0. The highest BCUT2D eigenvalue weighted by Gasteiger charge is 2.02. The van der Waals surface area contributed by atoms with Gasteiger partial charge in [0.2, 0.25) is 0 Å². The third kappa shape index (κ3) is 4.65. The maximum atomic E-state index is 11.5. The molecule has 0 aliphatic rings. The Hall–Kier alpha value is -2.49. The number of carbonyl (C=O) groups is 1. The highest BCUT2D eigenvalue weighted by molar-refractivity contribution is 5.67. The lowest BCUT2D eigenvalue weighted by Crippen LogP contribution is -2.26. The van der Waals surface area contributed by atoms with Crippen molar-refractivity contribution in [3.63, 3.8) is 0 Å². The van der Waals surface area contributed by atoms with E-state index < -0.39 is 6.09 Å². The number of carbonyl (C=O) groups excluding carboxylic acids is 1. The molecular formula is C16H18N2O2. The van der Waals surface area contributed by atoms with E-state index >= 15 is 0 Å². The van der Waals surface area contributed by atoms with Crippen LogP contribution < -0.4 is 11.1 Å². The largest absolute Gasteiger partial charge is 0.445 e. The summed E-state index contributed by atoms with van der Waals surface area (Å²) in [5.74, 6) is 0. The number of amides is 1. The van der Waals surface area contributed by atoms with Crippen LogP contribution in [-0.2, 0) is 17.8 Å². The first-order valence-corrected chi connectivity index (χ1v) is 6.53. The number of nitrogens with one attached hydrogen (secondary N) is 1. The van der Waals surface area contributed by atoms with Crippen molar-refractivity contribution in [1.82, 2.24) is 5.32 Å². The number of hydrogen-bond acceptors (Lipinski definition) is 3. The van der Waals surface area contributed by atoms with E-state index in [1.165, 1.54) is 0 Å². The molecular weight excluding hydrogens is 252 g/mol. The Bertz CT molecular complexity index is 555. The zero-order valence-corrected chi connectivity index (χ0v) is 11.2. The SMILES string of the molecule is Nc1cccc(CCNC(=O)OCc2ccccc2)c1. The second-order valence-corrected chi connectivity index (χ2v) is 4.48. The van der Waals surface area contributed by atoms with Crippen LogP contribution in [0.5, 0.6) is 0 Å². The number of anilines is 1. The minimum atomic E-state index is -0.405. The third-order valence-electron chi connectivity index (χ3n) is 2.85. The first-order valence-electron chi connectivity index (χ1n) is 6.53. The first-order chi connectivity index (χ1) is 9.74. The summed E-state index contributed by atoms with van der Waals surface area (Å²) in [5.41, 5.74) is 8.48. The molecule has 0 heterocycles. The van der Waals surface area contributed by atoms with Gasteiger partial charge in [-0.15, -0.1) is 0 Å². The number of benzene rings is 2. The van der Waals surface area contributed by atoms with Gasteiger partial charge in [-0.25, -0.2) is 4.79 Å². The Morgan fingerprint density at radius 1 is 1.05 bits per heavy atom. The molecule has 20 heavy (non-hydrogen) atoms. The second-order valence-electron chi connectivity index (χ2n) is 4.48. The Kier molecular flexibility index (Phi) is 5.00. The van der Waals surface area contributed by atoms with E-state index in [-0.39, 0.29) is 6.61 Å². The predicted molar refractivity (Wildman–Crippen MR) is 79.2 cm³/mol. The van der Waals surface area contributed by atoms with E-state index in [2.05, 4.69) is 5.32 Å². The van der Waals surface area contributed by atoms with Crippen molar-refractivity contribution >= 4 is 11.8 Å². The molecule has 0 aliphatic carbocycles. The molecule has 0 aromatic heterocycles. The number of rotatable bonds is 5. The highest BCUT2D eigenvalue weighted by atomic mass is 16.5. The Morgan fingerprint density at radius 3 is 2.55 bits per heavy atom. The van der Waals surface area contributed by atoms with E-state index in [0.29, 0.717) is 6.54 Å². The summed E-state index contributed by atoms with van der Waals surface area (Å²) in [5, 5.41) is 2.72. The summed E-state index contributed by atoms with van der Waals surface area (Å²) in [6, 6.07) is 17.2. The average molecular weight is 270 g/mol. The zero-order chi connectivity index (χ0) is 14.2. The molecule has 1 amide bonds. The molecule has 0 atom stereocenters. The van der Waals surface area contributed by atoms with Crippen LogP contribution in [0.25, 0.3) is 0 Å². The van der Waals surface area contributed by atoms with Gasteiger partial charge in [0.05, 0.1) is 0 Å². The van der Waals surface area contributed by atoms with Crippen molar-refractivity contribution in [3.8, 4) is 0 Å². The molecule has 2 rings (SSSR count). The lowest BCUT2D eigenvalue weighted by atomic mass is 10.1. The first kappa shape index (κ1) is 13.9. The highest BCUT2D eigenvalue weighted by Crippen LogP contribution is 2.06. The lowest BCUT2D eigenvalue weighted by molar-refractivity contribution is 0.140. The molecule has 0 spiro atoms. The molecule has 0 saturated heterocycles. The number of ether oxygens (including phenoxy) is 1. The van der Waals surface area contributed by atoms with Gasteiger partial charge in [-0.3, -0.25) is 0 Å². The molecule has 2 aromatic rings. The van der Waals surface area contributed by atoms with Crippen molar-refractivity contribution in [2.24, 2.45) is 0 Å². The predicted octanol–water partition coefficient (Wildman–Crippen LogP) is 2.74. The number of hydrogen-bond donors (Lipinski definition) is 2. The van der Waals surface area contributed by atoms with Crippen molar-refractivity contribution < 1.29 is 9.53 Å². The van der Waals surface area contributed by atoms with E-state index in [4.69, 9.17) is 10.5 Å². The van der Waals surface area contributed by atoms with Gasteiger partial charge in [0.1, 0.15) is 6.61 Å². The Labute approximate surface area is 118 Å². The minimum Gasteiger partial charge on any atom is -0.445 e. The summed E-state index contributed by atoms with van der Waals surface area (Å²) in [4.78, 5) is 11.5. The van der Waals surface area contributed by atoms with E-state index in [9.17, 15) is 4.79 Å². The Balaban J connectivity index is 1.68. The molecule has 0 fully saturated rings. The third-order valence-corrected chi connectivity index (χ3v) is 2.85. The maximum Gasteiger partial charge on any atom is 0.407 e. The van der Waals surface area contributed by atoms with Crippen LogP contribution in [0.15, 0.2) is 54.6 Å². The maximum absolute atomic E-state index is 11.5. The summed E-state index contributed by atoms with van der Waals surface area (Å²) in [7, 11) is 0. The Morgan fingerprint density at radius 2 is 1.80 bits per heavy atom. The number of nitrogens with two attached hydrogens (primary N) is 1. The number of nitrogen functional groups attached to an aromatic ring is 1. The molecule has 0 saturated carbocycles. The van der Waals surface area contributed by atoms with Crippen molar-refractivity contribution in [2.45, 2.75) is 13.0 Å². The van der Waals surface area contributed by atoms with Gasteiger partial charge in [-0.2, -0.15) is 0 Å². The van der Waals surface area contributed by atoms with Crippen molar-refractivity contribution in [1.29, 1.82) is 0 Å². The van der Waals surface area contributed by atoms with Crippen molar-refractivity contribution in [2.75, 3.05) is 12.3 Å². The van der Waals surface area contributed by atoms with Crippen LogP contribution in [0.1, 0.15) is 11.1 Å². The van der Waals surface area contributed by atoms with Crippen LogP contribution in [-0.4, -0.2) is 12.6 Å². The smallest absolute Gasteiger partial charge is 0.407 e. The van der Waals surface area contributed by atoms with Crippen LogP contribution in [0.3, 0.4) is 0 Å². The standard InChI is InChI=1S/C16H18N2O2/c17-15-8-4-7-13(11-15)9-10-18-16(19)20-12-14-5-2-1-3-6-14/h1-8,11H,9-10,12,17H2,(H,18,19). The van der Waals surface area contributed by atoms with Gasteiger partial charge in [0.25, 0.3) is 0 Å². The van der Waals surface area contributed by atoms with Crippen molar-refractivity contribution in [3.05, 3.63) is 65.7 Å². The molecule has 4 heteroatoms. The van der Waals surface area contributed by atoms with Gasteiger partial charge in [0, 0.05) is 12.2 Å². The van der Waals surface area contributed by atoms with E-state index in [1.807, 2.05) is 54.6 Å². The van der Waals surface area contributed by atoms with Gasteiger partial charge >= 0.3 is 6.09 Å². The van der Waals surface area contributed by atoms with Gasteiger partial charge < -0.3 is 15.8 Å². The second kappa shape index (κ2) is 7.19. The minimum absolute atomic E-state index is 0.283. The van der Waals surface area contributed by atoms with Crippen LogP contribution in [0.4, 0.5) is 10.5 Å². The van der Waals surface area contributed by atoms with Crippen LogP contribution in [0, 0.1) is 0 Å². The molecule has 0 unspecified atom stereocenters. The van der Waals surface area contributed by atoms with Gasteiger partial charge in [-0.05, 0) is 29.7 Å². The monoisotopic (exact) mass is 270 g/mol. The summed E-state index contributed by atoms with van der Waals surface area (Å²) >= 11 is 0. The van der Waals surface area contributed by atoms with E-state index in [0.717, 1.165) is 23.2 Å². The molecule has 104 valence electrons. The molecule has 4 nitrogen and oxygen atoms in total. The summed E-state index contributed by atoms with van der Waals surface area (Å²) < 4.78 is 5.12. The molecule has 0 bridgehead atoms. The van der Waals surface area contributed by atoms with Gasteiger partial charge in [-0.1, -0.05) is 42.5 Å². The fourth-order valence-electron chi connectivity index (χ4n) is 1.83. The number of alkyl carbamates (subject to hydrolysis) is 1.